The van der Waals surface area contributed by atoms with Crippen molar-refractivity contribution in [2.75, 3.05) is 11.9 Å². The van der Waals surface area contributed by atoms with E-state index >= 15 is 0 Å². The number of halogens is 25. The van der Waals surface area contributed by atoms with Crippen molar-refractivity contribution < 1.29 is 119 Å². The number of hydrogen-bond donors (Lipinski definition) is 0. The molecule has 0 aliphatic heterocycles. The first kappa shape index (κ1) is 56.2. The summed E-state index contributed by atoms with van der Waals surface area (Å²) in [7, 11) is 0. The Morgan fingerprint density at radius 3 is 0.887 bits per heavy atom. The van der Waals surface area contributed by atoms with E-state index in [1.807, 2.05) is 24.3 Å². The standard InChI is InChI=1S/C32H12BF24.C10H11BrNO2/c34-25(35,36)13-1-14(26(37,38)39)6-21(5-13)33(22-7-15(27(40,41)42)2-16(8-22)28(43,44)45,23-9-17(29(46,47)48)3-18(10-23)30(49,50)51)24-11-19(31(52,53)54)4-20(12-24)32(55,56)57;11-6-3-7-14-12-8-13-10-5-2-1-4-9(10)12/h1-12H;1-2,4-5,8H,3,6-7H2/q-1;+1. The van der Waals surface area contributed by atoms with Crippen molar-refractivity contribution in [2.45, 2.75) is 55.8 Å². The maximum atomic E-state index is 14.2. The molecule has 3 nitrogen and oxygen atoms in total. The van der Waals surface area contributed by atoms with E-state index < -0.39 is 195 Å². The molecule has 0 fully saturated rings. The minimum Gasteiger partial charge on any atom is -0.400 e. The van der Waals surface area contributed by atoms with Gasteiger partial charge in [0, 0.05) is 11.4 Å². The van der Waals surface area contributed by atoms with Crippen molar-refractivity contribution >= 4 is 55.0 Å². The number of hydrogen-bond acceptors (Lipinski definition) is 2. The second-order valence-electron chi connectivity index (χ2n) is 15.1. The number of nitrogens with zero attached hydrogens (tertiary/aromatic N) is 1. The summed E-state index contributed by atoms with van der Waals surface area (Å²) >= 11 is 3.35. The molecule has 0 radical (unpaired) electrons. The molecule has 29 heteroatoms. The van der Waals surface area contributed by atoms with E-state index in [1.54, 1.807) is 11.1 Å². The first-order valence-corrected chi connectivity index (χ1v) is 20.2. The Balaban J connectivity index is 0.000000569. The molecule has 0 N–H and O–H groups in total. The third-order valence-corrected chi connectivity index (χ3v) is 10.9. The van der Waals surface area contributed by atoms with Crippen molar-refractivity contribution in [3.8, 4) is 0 Å². The number of oxazole rings is 1. The Morgan fingerprint density at radius 2 is 0.648 bits per heavy atom. The van der Waals surface area contributed by atoms with Crippen molar-refractivity contribution in [1.29, 1.82) is 0 Å². The smallest absolute Gasteiger partial charge is 0.400 e. The molecule has 0 unspecified atom stereocenters. The summed E-state index contributed by atoms with van der Waals surface area (Å²) in [6, 6.07) is -1.03. The van der Waals surface area contributed by atoms with Crippen LogP contribution >= 0.6 is 15.9 Å². The molecule has 6 aromatic rings. The fourth-order valence-electron chi connectivity index (χ4n) is 7.29. The van der Waals surface area contributed by atoms with Crippen LogP contribution in [-0.4, -0.2) is 18.1 Å². The molecule has 0 spiro atoms. The molecule has 0 aliphatic carbocycles. The van der Waals surface area contributed by atoms with Crippen molar-refractivity contribution in [1.82, 2.24) is 0 Å². The highest BCUT2D eigenvalue weighted by Crippen LogP contribution is 2.41. The first-order chi connectivity index (χ1) is 32.2. The fraction of sp³-hybridized carbons (Fsp3) is 0.262. The Kier molecular flexibility index (Phi) is 15.3. The molecule has 0 bridgehead atoms. The van der Waals surface area contributed by atoms with Crippen LogP contribution in [0.4, 0.5) is 105 Å². The molecule has 71 heavy (non-hydrogen) atoms. The van der Waals surface area contributed by atoms with E-state index in [4.69, 9.17) is 9.25 Å². The lowest BCUT2D eigenvalue weighted by molar-refractivity contribution is -0.874. The predicted octanol–water partition coefficient (Wildman–Crippen LogP) is 13.1. The molecule has 1 heterocycles. The molecule has 5 aromatic carbocycles. The number of aromatic nitrogens is 1. The van der Waals surface area contributed by atoms with Gasteiger partial charge < -0.3 is 4.42 Å². The van der Waals surface area contributed by atoms with Crippen LogP contribution < -0.4 is 31.4 Å². The quantitative estimate of drug-likeness (QED) is 0.0499. The number of benzene rings is 5. The fourth-order valence-corrected chi connectivity index (χ4v) is 7.52. The van der Waals surface area contributed by atoms with Gasteiger partial charge in [0.1, 0.15) is 6.15 Å². The van der Waals surface area contributed by atoms with Crippen LogP contribution in [-0.2, 0) is 49.4 Å². The monoisotopic (exact) mass is 1120 g/mol. The minimum absolute atomic E-state index is 0.680. The van der Waals surface area contributed by atoms with Gasteiger partial charge in [-0.25, -0.2) is 0 Å². The summed E-state index contributed by atoms with van der Waals surface area (Å²) in [5, 5.41) is 0.948. The maximum absolute atomic E-state index is 14.2. The van der Waals surface area contributed by atoms with Gasteiger partial charge in [-0.05, 0) is 36.8 Å². The van der Waals surface area contributed by atoms with Crippen LogP contribution in [0.2, 0.25) is 0 Å². The molecule has 0 saturated carbocycles. The SMILES string of the molecule is BrCCCO[n+]1coc2ccccc21.FC(F)(F)c1cc([B-](c2cc(C(F)(F)F)cc(C(F)(F)F)c2)(c2cc(C(F)(F)F)cc(C(F)(F)F)c2)c2cc(C(F)(F)F)cc(C(F)(F)F)c2)cc(C(F)(F)F)c1. The Hall–Kier alpha value is -5.77. The highest BCUT2D eigenvalue weighted by Gasteiger charge is 2.47. The van der Waals surface area contributed by atoms with E-state index in [0.717, 1.165) is 22.9 Å². The van der Waals surface area contributed by atoms with Crippen LogP contribution in [0.5, 0.6) is 0 Å². The molecular weight excluding hydrogens is 1100 g/mol. The lowest BCUT2D eigenvalue weighted by Crippen LogP contribution is -2.75. The average molecular weight is 1120 g/mol. The maximum Gasteiger partial charge on any atom is 0.416 e. The van der Waals surface area contributed by atoms with Crippen LogP contribution in [0.15, 0.2) is 108 Å². The highest BCUT2D eigenvalue weighted by atomic mass is 79.9. The van der Waals surface area contributed by atoms with Gasteiger partial charge in [-0.3, -0.25) is 4.84 Å². The summed E-state index contributed by atoms with van der Waals surface area (Å²) in [4.78, 5) is 5.49. The first-order valence-electron chi connectivity index (χ1n) is 19.1. The summed E-state index contributed by atoms with van der Waals surface area (Å²) in [5.74, 6) is 0. The molecule has 0 aliphatic rings. The molecule has 6 rings (SSSR count). The van der Waals surface area contributed by atoms with Gasteiger partial charge in [-0.2, -0.15) is 127 Å². The van der Waals surface area contributed by atoms with Crippen LogP contribution in [0, 0.1) is 0 Å². The summed E-state index contributed by atoms with van der Waals surface area (Å²) in [6.45, 7) is 0.680. The van der Waals surface area contributed by atoms with Gasteiger partial charge in [-0.1, -0.05) is 76.6 Å². The Labute approximate surface area is 389 Å². The van der Waals surface area contributed by atoms with Crippen LogP contribution in [0.3, 0.4) is 0 Å². The van der Waals surface area contributed by atoms with E-state index in [9.17, 15) is 105 Å². The highest BCUT2D eigenvalue weighted by molar-refractivity contribution is 9.09. The third kappa shape index (κ3) is 12.8. The van der Waals surface area contributed by atoms with Crippen molar-refractivity contribution in [3.63, 3.8) is 0 Å². The third-order valence-electron chi connectivity index (χ3n) is 10.3. The predicted molar refractivity (Wildman–Crippen MR) is 206 cm³/mol. The van der Waals surface area contributed by atoms with E-state index in [1.165, 1.54) is 0 Å². The largest absolute Gasteiger partial charge is 0.416 e. The zero-order valence-electron chi connectivity index (χ0n) is 34.2. The molecule has 1 aromatic heterocycles. The number of para-hydroxylation sites is 2. The van der Waals surface area contributed by atoms with Gasteiger partial charge in [0.25, 0.3) is 0 Å². The van der Waals surface area contributed by atoms with E-state index in [-0.39, 0.29) is 0 Å². The Morgan fingerprint density at radius 1 is 0.394 bits per heavy atom. The number of alkyl halides is 25. The van der Waals surface area contributed by atoms with Crippen molar-refractivity contribution in [3.05, 3.63) is 148 Å². The summed E-state index contributed by atoms with van der Waals surface area (Å²) in [6.07, 6.45) is -52.2. The van der Waals surface area contributed by atoms with Gasteiger partial charge >= 0.3 is 61.3 Å². The zero-order valence-corrected chi connectivity index (χ0v) is 35.8. The van der Waals surface area contributed by atoms with Gasteiger partial charge in [0.2, 0.25) is 5.58 Å². The van der Waals surface area contributed by atoms with E-state index in [2.05, 4.69) is 15.9 Å². The molecule has 0 amide bonds. The average Bonchev–Trinajstić information content (AvgIpc) is 3.64. The number of fused-ring (bicyclic) bond motifs is 1. The number of rotatable bonds is 8. The Bertz CT molecular complexity index is 2410. The molecular formula is C42H23BBrF24NO2. The normalized spacial score (nSPS) is 13.6. The van der Waals surface area contributed by atoms with Gasteiger partial charge in [0.05, 0.1) is 49.2 Å². The topological polar surface area (TPSA) is 26.2 Å². The van der Waals surface area contributed by atoms with Crippen LogP contribution in [0.25, 0.3) is 11.1 Å². The summed E-state index contributed by atoms with van der Waals surface area (Å²) in [5.41, 5.74) is -28.4. The zero-order chi connectivity index (χ0) is 53.7. The molecule has 386 valence electrons. The second kappa shape index (κ2) is 19.3. The summed E-state index contributed by atoms with van der Waals surface area (Å²) < 4.78 is 348. The van der Waals surface area contributed by atoms with Gasteiger partial charge in [-0.15, -0.1) is 0 Å². The second-order valence-corrected chi connectivity index (χ2v) is 15.9. The van der Waals surface area contributed by atoms with Gasteiger partial charge in [0.15, 0.2) is 6.61 Å². The van der Waals surface area contributed by atoms with Crippen LogP contribution in [0.1, 0.15) is 50.9 Å². The molecule has 0 saturated heterocycles. The lowest BCUT2D eigenvalue weighted by Gasteiger charge is -2.46. The van der Waals surface area contributed by atoms with E-state index in [0.29, 0.717) is 6.61 Å². The van der Waals surface area contributed by atoms with Crippen molar-refractivity contribution in [2.24, 2.45) is 0 Å². The minimum atomic E-state index is -6.13. The molecule has 0 atom stereocenters. The lowest BCUT2D eigenvalue weighted by atomic mass is 9.12.